The molecule has 0 radical (unpaired) electrons. The molecule has 3 nitrogen and oxygen atoms in total. The fourth-order valence-corrected chi connectivity index (χ4v) is 4.07. The molecule has 1 aliphatic carbocycles. The molecule has 0 saturated carbocycles. The van der Waals surface area contributed by atoms with Gasteiger partial charge in [-0.05, 0) is 44.1 Å². The van der Waals surface area contributed by atoms with Gasteiger partial charge in [0.15, 0.2) is 0 Å². The molecule has 1 saturated heterocycles. The zero-order valence-corrected chi connectivity index (χ0v) is 12.7. The fraction of sp³-hybridized carbons (Fsp3) is 0.643. The van der Waals surface area contributed by atoms with Crippen LogP contribution >= 0.6 is 23.7 Å². The molecular formula is C14H21ClN2OS. The third-order valence-corrected chi connectivity index (χ3v) is 5.21. The number of hydrogen-bond donors (Lipinski definition) is 1. The van der Waals surface area contributed by atoms with Gasteiger partial charge in [-0.1, -0.05) is 0 Å². The van der Waals surface area contributed by atoms with Gasteiger partial charge in [-0.3, -0.25) is 4.79 Å². The predicted molar refractivity (Wildman–Crippen MR) is 81.3 cm³/mol. The van der Waals surface area contributed by atoms with Crippen molar-refractivity contribution in [3.8, 4) is 0 Å². The molecule has 106 valence electrons. The van der Waals surface area contributed by atoms with Crippen LogP contribution < -0.4 is 5.73 Å². The number of carbonyl (C=O) groups excluding carboxylic acids is 1. The van der Waals surface area contributed by atoms with E-state index < -0.39 is 0 Å². The summed E-state index contributed by atoms with van der Waals surface area (Å²) in [6.45, 7) is 1.65. The molecule has 0 spiro atoms. The first-order valence-electron chi connectivity index (χ1n) is 6.90. The van der Waals surface area contributed by atoms with Crippen LogP contribution in [-0.2, 0) is 12.8 Å². The lowest BCUT2D eigenvalue weighted by Gasteiger charge is -2.30. The van der Waals surface area contributed by atoms with Gasteiger partial charge in [-0.15, -0.1) is 23.7 Å². The van der Waals surface area contributed by atoms with Crippen molar-refractivity contribution in [1.29, 1.82) is 0 Å². The van der Waals surface area contributed by atoms with E-state index in [9.17, 15) is 4.79 Å². The Labute approximate surface area is 124 Å². The third kappa shape index (κ3) is 2.96. The van der Waals surface area contributed by atoms with Crippen LogP contribution in [0.5, 0.6) is 0 Å². The summed E-state index contributed by atoms with van der Waals surface area (Å²) in [6.07, 6.45) is 6.65. The summed E-state index contributed by atoms with van der Waals surface area (Å²) < 4.78 is 0. The lowest BCUT2D eigenvalue weighted by molar-refractivity contribution is 0.0714. The van der Waals surface area contributed by atoms with Crippen LogP contribution in [0.2, 0.25) is 0 Å². The summed E-state index contributed by atoms with van der Waals surface area (Å²) in [5.74, 6) is 0.237. The number of aryl methyl sites for hydroxylation is 1. The van der Waals surface area contributed by atoms with Crippen molar-refractivity contribution in [2.45, 2.75) is 44.6 Å². The maximum Gasteiger partial charge on any atom is 0.254 e. The Kier molecular flexibility index (Phi) is 4.87. The SMILES string of the molecule is Cl.NC1CCN(C(=O)c2csc3c2CCCC3)CC1. The molecule has 3 rings (SSSR count). The number of rotatable bonds is 1. The van der Waals surface area contributed by atoms with Gasteiger partial charge in [0, 0.05) is 29.4 Å². The molecule has 2 N–H and O–H groups in total. The number of halogens is 1. The molecule has 1 fully saturated rings. The number of nitrogens with two attached hydrogens (primary N) is 1. The molecule has 2 aliphatic rings. The Morgan fingerprint density at radius 1 is 1.26 bits per heavy atom. The summed E-state index contributed by atoms with van der Waals surface area (Å²) >= 11 is 1.77. The number of hydrogen-bond acceptors (Lipinski definition) is 3. The number of carbonyl (C=O) groups is 1. The zero-order valence-electron chi connectivity index (χ0n) is 11.1. The van der Waals surface area contributed by atoms with E-state index in [1.807, 2.05) is 4.90 Å². The van der Waals surface area contributed by atoms with Crippen LogP contribution in [0.1, 0.15) is 46.5 Å². The summed E-state index contributed by atoms with van der Waals surface area (Å²) in [6, 6.07) is 0.283. The van der Waals surface area contributed by atoms with Crippen molar-refractivity contribution >= 4 is 29.7 Å². The molecule has 0 aromatic carbocycles. The molecule has 0 atom stereocenters. The highest BCUT2D eigenvalue weighted by Crippen LogP contribution is 2.31. The highest BCUT2D eigenvalue weighted by Gasteiger charge is 2.26. The molecule has 1 amide bonds. The molecule has 1 aliphatic heterocycles. The van der Waals surface area contributed by atoms with E-state index >= 15 is 0 Å². The van der Waals surface area contributed by atoms with E-state index in [-0.39, 0.29) is 24.4 Å². The Morgan fingerprint density at radius 3 is 2.68 bits per heavy atom. The first-order chi connectivity index (χ1) is 8.75. The minimum absolute atomic E-state index is 0. The summed E-state index contributed by atoms with van der Waals surface area (Å²) in [7, 11) is 0. The van der Waals surface area contributed by atoms with Gasteiger partial charge in [0.1, 0.15) is 0 Å². The first-order valence-corrected chi connectivity index (χ1v) is 7.78. The average Bonchev–Trinajstić information content (AvgIpc) is 2.82. The summed E-state index contributed by atoms with van der Waals surface area (Å²) in [5, 5.41) is 2.08. The van der Waals surface area contributed by atoms with Crippen LogP contribution in [0, 0.1) is 0 Å². The number of nitrogens with zero attached hydrogens (tertiary/aromatic N) is 1. The van der Waals surface area contributed by atoms with Crippen molar-refractivity contribution in [2.24, 2.45) is 5.73 Å². The van der Waals surface area contributed by atoms with Crippen molar-refractivity contribution in [3.63, 3.8) is 0 Å². The van der Waals surface area contributed by atoms with E-state index in [1.54, 1.807) is 11.3 Å². The number of amides is 1. The Bertz CT molecular complexity index is 452. The fourth-order valence-electron chi connectivity index (χ4n) is 2.95. The first kappa shape index (κ1) is 14.8. The second kappa shape index (κ2) is 6.25. The molecule has 2 heterocycles. The van der Waals surface area contributed by atoms with Gasteiger partial charge < -0.3 is 10.6 Å². The van der Waals surface area contributed by atoms with Gasteiger partial charge in [-0.2, -0.15) is 0 Å². The van der Waals surface area contributed by atoms with Crippen molar-refractivity contribution in [2.75, 3.05) is 13.1 Å². The average molecular weight is 301 g/mol. The van der Waals surface area contributed by atoms with Crippen molar-refractivity contribution < 1.29 is 4.79 Å². The van der Waals surface area contributed by atoms with Crippen molar-refractivity contribution in [1.82, 2.24) is 4.90 Å². The highest BCUT2D eigenvalue weighted by molar-refractivity contribution is 7.10. The highest BCUT2D eigenvalue weighted by atomic mass is 35.5. The maximum absolute atomic E-state index is 12.5. The molecule has 1 aromatic rings. The number of thiophene rings is 1. The van der Waals surface area contributed by atoms with Gasteiger partial charge in [0.2, 0.25) is 0 Å². The van der Waals surface area contributed by atoms with Crippen LogP contribution in [0.3, 0.4) is 0 Å². The van der Waals surface area contributed by atoms with E-state index in [0.717, 1.165) is 44.3 Å². The molecular weight excluding hydrogens is 280 g/mol. The Morgan fingerprint density at radius 2 is 1.95 bits per heavy atom. The van der Waals surface area contributed by atoms with E-state index in [2.05, 4.69) is 5.38 Å². The Hall–Kier alpha value is -0.580. The van der Waals surface area contributed by atoms with E-state index in [0.29, 0.717) is 0 Å². The Balaban J connectivity index is 0.00000133. The second-order valence-corrected chi connectivity index (χ2v) is 6.35. The molecule has 0 unspecified atom stereocenters. The molecule has 19 heavy (non-hydrogen) atoms. The predicted octanol–water partition coefficient (Wildman–Crippen LogP) is 2.61. The largest absolute Gasteiger partial charge is 0.338 e. The molecule has 0 bridgehead atoms. The summed E-state index contributed by atoms with van der Waals surface area (Å²) in [4.78, 5) is 16.0. The van der Waals surface area contributed by atoms with E-state index in [4.69, 9.17) is 5.73 Å². The maximum atomic E-state index is 12.5. The molecule has 1 aromatic heterocycles. The number of likely N-dealkylation sites (tertiary alicyclic amines) is 1. The quantitative estimate of drug-likeness (QED) is 0.866. The van der Waals surface area contributed by atoms with Gasteiger partial charge >= 0.3 is 0 Å². The lowest BCUT2D eigenvalue weighted by Crippen LogP contribution is -2.43. The minimum atomic E-state index is 0. The lowest BCUT2D eigenvalue weighted by atomic mass is 9.95. The minimum Gasteiger partial charge on any atom is -0.338 e. The van der Waals surface area contributed by atoms with Crippen LogP contribution in [0.15, 0.2) is 5.38 Å². The standard InChI is InChI=1S/C14H20N2OS.ClH/c15-10-5-7-16(8-6-10)14(17)12-9-18-13-4-2-1-3-11(12)13;/h9-10H,1-8,15H2;1H. The number of piperidine rings is 1. The topological polar surface area (TPSA) is 46.3 Å². The van der Waals surface area contributed by atoms with Crippen LogP contribution in [-0.4, -0.2) is 29.9 Å². The normalized spacial score (nSPS) is 19.7. The van der Waals surface area contributed by atoms with E-state index in [1.165, 1.54) is 23.3 Å². The number of fused-ring (bicyclic) bond motifs is 1. The summed E-state index contributed by atoms with van der Waals surface area (Å²) in [5.41, 5.74) is 8.21. The molecule has 5 heteroatoms. The third-order valence-electron chi connectivity index (χ3n) is 4.12. The van der Waals surface area contributed by atoms with Crippen LogP contribution in [0.25, 0.3) is 0 Å². The van der Waals surface area contributed by atoms with Crippen molar-refractivity contribution in [3.05, 3.63) is 21.4 Å². The zero-order chi connectivity index (χ0) is 12.5. The van der Waals surface area contributed by atoms with Gasteiger partial charge in [0.25, 0.3) is 5.91 Å². The van der Waals surface area contributed by atoms with Gasteiger partial charge in [0.05, 0.1) is 5.56 Å². The monoisotopic (exact) mass is 300 g/mol. The second-order valence-electron chi connectivity index (χ2n) is 5.39. The van der Waals surface area contributed by atoms with Crippen LogP contribution in [0.4, 0.5) is 0 Å². The smallest absolute Gasteiger partial charge is 0.254 e. The van der Waals surface area contributed by atoms with Gasteiger partial charge in [-0.25, -0.2) is 0 Å².